The van der Waals surface area contributed by atoms with Crippen LogP contribution in [0.2, 0.25) is 0 Å². The molecule has 2 N–H and O–H groups in total. The van der Waals surface area contributed by atoms with Crippen LogP contribution in [0.4, 0.5) is 5.69 Å². The molecule has 0 aromatic heterocycles. The molecule has 0 spiro atoms. The lowest BCUT2D eigenvalue weighted by atomic mass is 10.2. The topological polar surface area (TPSA) is 61.4 Å². The van der Waals surface area contributed by atoms with E-state index < -0.39 is 0 Å². The smallest absolute Gasteiger partial charge is 0.191 e. The predicted octanol–water partition coefficient (Wildman–Crippen LogP) is 1.80. The molecule has 2 rings (SSSR count). The van der Waals surface area contributed by atoms with Crippen molar-refractivity contribution in [1.29, 1.82) is 0 Å². The van der Waals surface area contributed by atoms with Crippen molar-refractivity contribution in [3.63, 3.8) is 0 Å². The SMILES string of the molecule is CCOC(CCN(C)C)CNC(=NC)NC1CCN(c2ccccc2OC)C1. The number of hydrogen-bond donors (Lipinski definition) is 2. The first-order valence-corrected chi connectivity index (χ1v) is 10.2. The predicted molar refractivity (Wildman–Crippen MR) is 117 cm³/mol. The quantitative estimate of drug-likeness (QED) is 0.468. The Morgan fingerprint density at radius 1 is 1.36 bits per heavy atom. The fraction of sp³-hybridized carbons (Fsp3) is 0.667. The molecular formula is C21H37N5O2. The van der Waals surface area contributed by atoms with E-state index in [1.807, 2.05) is 26.1 Å². The number of ether oxygens (including phenoxy) is 2. The number of guanidine groups is 1. The van der Waals surface area contributed by atoms with E-state index >= 15 is 0 Å². The fourth-order valence-corrected chi connectivity index (χ4v) is 3.47. The average molecular weight is 392 g/mol. The van der Waals surface area contributed by atoms with Crippen molar-refractivity contribution < 1.29 is 9.47 Å². The lowest BCUT2D eigenvalue weighted by Gasteiger charge is -2.23. The maximum atomic E-state index is 5.86. The summed E-state index contributed by atoms with van der Waals surface area (Å²) in [6.07, 6.45) is 2.24. The molecule has 0 aliphatic carbocycles. The van der Waals surface area contributed by atoms with Crippen molar-refractivity contribution >= 4 is 11.6 Å². The van der Waals surface area contributed by atoms with Crippen molar-refractivity contribution in [2.75, 3.05) is 65.9 Å². The number of benzene rings is 1. The third-order valence-electron chi connectivity index (χ3n) is 4.98. The van der Waals surface area contributed by atoms with Crippen molar-refractivity contribution in [3.8, 4) is 5.75 Å². The lowest BCUT2D eigenvalue weighted by Crippen LogP contribution is -2.47. The maximum absolute atomic E-state index is 5.86. The van der Waals surface area contributed by atoms with Crippen LogP contribution in [-0.2, 0) is 4.74 Å². The number of hydrogen-bond acceptors (Lipinski definition) is 5. The minimum Gasteiger partial charge on any atom is -0.495 e. The summed E-state index contributed by atoms with van der Waals surface area (Å²) in [5, 5.41) is 6.99. The Hall–Kier alpha value is -1.99. The van der Waals surface area contributed by atoms with Crippen LogP contribution in [0.5, 0.6) is 5.75 Å². The van der Waals surface area contributed by atoms with Gasteiger partial charge in [0, 0.05) is 45.9 Å². The third kappa shape index (κ3) is 6.87. The molecule has 2 atom stereocenters. The van der Waals surface area contributed by atoms with Gasteiger partial charge in [-0.05, 0) is 46.0 Å². The van der Waals surface area contributed by atoms with Crippen molar-refractivity contribution in [2.45, 2.75) is 31.9 Å². The standard InChI is InChI=1S/C21H37N5O2/c1-6-28-18(12-13-25(3)4)15-23-21(22-2)24-17-11-14-26(16-17)19-9-7-8-10-20(19)27-5/h7-10,17-18H,6,11-16H2,1-5H3,(H2,22,23,24). The molecule has 7 nitrogen and oxygen atoms in total. The van der Waals surface area contributed by atoms with Crippen LogP contribution < -0.4 is 20.3 Å². The normalized spacial score (nSPS) is 18.4. The van der Waals surface area contributed by atoms with Crippen molar-refractivity contribution in [1.82, 2.24) is 15.5 Å². The lowest BCUT2D eigenvalue weighted by molar-refractivity contribution is 0.0548. The summed E-state index contributed by atoms with van der Waals surface area (Å²) in [7, 11) is 7.72. The summed E-state index contributed by atoms with van der Waals surface area (Å²) >= 11 is 0. The monoisotopic (exact) mass is 391 g/mol. The molecule has 1 aliphatic rings. The zero-order valence-electron chi connectivity index (χ0n) is 18.1. The molecule has 1 fully saturated rings. The molecule has 2 unspecified atom stereocenters. The highest BCUT2D eigenvalue weighted by molar-refractivity contribution is 5.80. The van der Waals surface area contributed by atoms with E-state index in [1.165, 1.54) is 0 Å². The molecule has 1 aromatic rings. The number of nitrogens with one attached hydrogen (secondary N) is 2. The van der Waals surface area contributed by atoms with Gasteiger partial charge in [-0.25, -0.2) is 0 Å². The van der Waals surface area contributed by atoms with Crippen LogP contribution in [0.3, 0.4) is 0 Å². The maximum Gasteiger partial charge on any atom is 0.191 e. The zero-order chi connectivity index (χ0) is 20.4. The van der Waals surface area contributed by atoms with Gasteiger partial charge in [-0.3, -0.25) is 4.99 Å². The Morgan fingerprint density at radius 2 is 2.14 bits per heavy atom. The highest BCUT2D eigenvalue weighted by Crippen LogP contribution is 2.30. The van der Waals surface area contributed by atoms with Crippen LogP contribution in [-0.4, -0.2) is 84.0 Å². The first-order valence-electron chi connectivity index (χ1n) is 10.2. The van der Waals surface area contributed by atoms with Gasteiger partial charge in [0.2, 0.25) is 0 Å². The zero-order valence-corrected chi connectivity index (χ0v) is 18.1. The van der Waals surface area contributed by atoms with E-state index in [1.54, 1.807) is 7.11 Å². The summed E-state index contributed by atoms with van der Waals surface area (Å²) in [4.78, 5) is 8.95. The second-order valence-electron chi connectivity index (χ2n) is 7.37. The van der Waals surface area contributed by atoms with E-state index in [0.717, 1.165) is 63.0 Å². The van der Waals surface area contributed by atoms with E-state index in [0.29, 0.717) is 6.04 Å². The Kier molecular flexibility index (Phi) is 9.37. The molecule has 1 aromatic carbocycles. The Balaban J connectivity index is 1.84. The summed E-state index contributed by atoms with van der Waals surface area (Å²) < 4.78 is 11.4. The summed E-state index contributed by atoms with van der Waals surface area (Å²) in [6.45, 7) is 6.46. The van der Waals surface area contributed by atoms with E-state index in [-0.39, 0.29) is 6.10 Å². The van der Waals surface area contributed by atoms with Gasteiger partial charge in [0.15, 0.2) is 5.96 Å². The van der Waals surface area contributed by atoms with Gasteiger partial charge >= 0.3 is 0 Å². The van der Waals surface area contributed by atoms with Crippen LogP contribution in [0.1, 0.15) is 19.8 Å². The third-order valence-corrected chi connectivity index (χ3v) is 4.98. The van der Waals surface area contributed by atoms with E-state index in [9.17, 15) is 0 Å². The first-order chi connectivity index (χ1) is 13.6. The first kappa shape index (κ1) is 22.3. The van der Waals surface area contributed by atoms with Crippen LogP contribution >= 0.6 is 0 Å². The Morgan fingerprint density at radius 3 is 2.82 bits per heavy atom. The average Bonchev–Trinajstić information content (AvgIpc) is 3.17. The summed E-state index contributed by atoms with van der Waals surface area (Å²) in [5.74, 6) is 1.76. The number of anilines is 1. The largest absolute Gasteiger partial charge is 0.495 e. The van der Waals surface area contributed by atoms with Crippen molar-refractivity contribution in [3.05, 3.63) is 24.3 Å². The molecule has 0 radical (unpaired) electrons. The van der Waals surface area contributed by atoms with Gasteiger partial charge in [-0.2, -0.15) is 0 Å². The van der Waals surface area contributed by atoms with Gasteiger partial charge in [0.05, 0.1) is 18.9 Å². The summed E-state index contributed by atoms with van der Waals surface area (Å²) in [5.41, 5.74) is 1.15. The molecule has 1 saturated heterocycles. The number of para-hydroxylation sites is 2. The van der Waals surface area contributed by atoms with Gasteiger partial charge in [-0.15, -0.1) is 0 Å². The van der Waals surface area contributed by atoms with Crippen LogP contribution in [0.15, 0.2) is 29.3 Å². The number of methoxy groups -OCH3 is 1. The second kappa shape index (κ2) is 11.8. The molecule has 158 valence electrons. The molecule has 1 heterocycles. The van der Waals surface area contributed by atoms with Gasteiger partial charge in [0.1, 0.15) is 5.75 Å². The van der Waals surface area contributed by atoms with E-state index in [2.05, 4.69) is 51.7 Å². The minimum absolute atomic E-state index is 0.180. The summed E-state index contributed by atoms with van der Waals surface area (Å²) in [6, 6.07) is 8.54. The number of nitrogens with zero attached hydrogens (tertiary/aromatic N) is 3. The minimum atomic E-state index is 0.180. The molecule has 0 saturated carbocycles. The van der Waals surface area contributed by atoms with Gasteiger partial charge in [-0.1, -0.05) is 12.1 Å². The second-order valence-corrected chi connectivity index (χ2v) is 7.37. The molecule has 1 aliphatic heterocycles. The van der Waals surface area contributed by atoms with Gasteiger partial charge in [0.25, 0.3) is 0 Å². The van der Waals surface area contributed by atoms with Crippen LogP contribution in [0, 0.1) is 0 Å². The van der Waals surface area contributed by atoms with Gasteiger partial charge < -0.3 is 29.9 Å². The Labute approximate surface area is 170 Å². The molecule has 0 amide bonds. The number of rotatable bonds is 10. The molecule has 0 bridgehead atoms. The van der Waals surface area contributed by atoms with Crippen molar-refractivity contribution in [2.24, 2.45) is 4.99 Å². The van der Waals surface area contributed by atoms with E-state index in [4.69, 9.17) is 9.47 Å². The van der Waals surface area contributed by atoms with Crippen LogP contribution in [0.25, 0.3) is 0 Å². The highest BCUT2D eigenvalue weighted by Gasteiger charge is 2.25. The Bertz CT molecular complexity index is 608. The molecule has 28 heavy (non-hydrogen) atoms. The number of aliphatic imine (C=N–C) groups is 1. The highest BCUT2D eigenvalue weighted by atomic mass is 16.5. The molecular weight excluding hydrogens is 354 g/mol. The molecule has 7 heteroatoms. The fourth-order valence-electron chi connectivity index (χ4n) is 3.47.